The first-order valence-electron chi connectivity index (χ1n) is 7.72. The maximum Gasteiger partial charge on any atom is 0.416 e. The molecule has 0 fully saturated rings. The van der Waals surface area contributed by atoms with Crippen LogP contribution in [0.25, 0.3) is 0 Å². The van der Waals surface area contributed by atoms with Crippen LogP contribution in [0, 0.1) is 0 Å². The molecule has 136 valence electrons. The van der Waals surface area contributed by atoms with Gasteiger partial charge in [0.05, 0.1) is 18.4 Å². The fraction of sp³-hybridized carbons (Fsp3) is 0.222. The third-order valence-electron chi connectivity index (χ3n) is 3.84. The van der Waals surface area contributed by atoms with Crippen LogP contribution in [0.15, 0.2) is 53.7 Å². The first-order valence-corrected chi connectivity index (χ1v) is 7.72. The Morgan fingerprint density at radius 3 is 2.73 bits per heavy atom. The summed E-state index contributed by atoms with van der Waals surface area (Å²) >= 11 is 0. The number of nitrogens with one attached hydrogen (secondary N) is 1. The molecule has 0 spiro atoms. The van der Waals surface area contributed by atoms with Crippen LogP contribution in [0.5, 0.6) is 5.75 Å². The Bertz CT molecular complexity index is 850. The Labute approximate surface area is 147 Å². The van der Waals surface area contributed by atoms with Crippen molar-refractivity contribution in [2.24, 2.45) is 5.16 Å². The summed E-state index contributed by atoms with van der Waals surface area (Å²) in [6.45, 7) is 0. The van der Waals surface area contributed by atoms with Crippen LogP contribution in [0.4, 0.5) is 18.9 Å². The second-order valence-corrected chi connectivity index (χ2v) is 5.60. The van der Waals surface area contributed by atoms with Gasteiger partial charge in [0, 0.05) is 17.7 Å². The van der Waals surface area contributed by atoms with Crippen LogP contribution in [0.1, 0.15) is 17.5 Å². The summed E-state index contributed by atoms with van der Waals surface area (Å²) in [5.74, 6) is 0.0201. The van der Waals surface area contributed by atoms with Crippen molar-refractivity contribution < 1.29 is 27.5 Å². The van der Waals surface area contributed by atoms with E-state index in [1.54, 1.807) is 24.3 Å². The molecule has 8 heteroatoms. The van der Waals surface area contributed by atoms with Gasteiger partial charge in [-0.25, -0.2) is 0 Å². The number of hydrogen-bond acceptors (Lipinski definition) is 4. The van der Waals surface area contributed by atoms with Gasteiger partial charge < -0.3 is 14.9 Å². The highest BCUT2D eigenvalue weighted by Crippen LogP contribution is 2.31. The fourth-order valence-electron chi connectivity index (χ4n) is 2.56. The van der Waals surface area contributed by atoms with Crippen LogP contribution in [-0.4, -0.2) is 24.8 Å². The van der Waals surface area contributed by atoms with Gasteiger partial charge in [-0.2, -0.15) is 13.2 Å². The van der Waals surface area contributed by atoms with Gasteiger partial charge >= 0.3 is 6.18 Å². The average molecular weight is 364 g/mol. The normalized spacial score (nSPS) is 16.6. The summed E-state index contributed by atoms with van der Waals surface area (Å²) in [4.78, 5) is 17.4. The third kappa shape index (κ3) is 3.79. The number of alkyl halides is 3. The van der Waals surface area contributed by atoms with Gasteiger partial charge in [-0.3, -0.25) is 4.79 Å². The molecule has 26 heavy (non-hydrogen) atoms. The number of rotatable bonds is 4. The monoisotopic (exact) mass is 364 g/mol. The average Bonchev–Trinajstić information content (AvgIpc) is 3.11. The number of anilines is 1. The summed E-state index contributed by atoms with van der Waals surface area (Å²) in [5.41, 5.74) is 0.434. The number of carbonyl (C=O) groups excluding carboxylic acids is 1. The molecular weight excluding hydrogens is 349 g/mol. The number of oxime groups is 1. The topological polar surface area (TPSA) is 59.9 Å². The van der Waals surface area contributed by atoms with E-state index in [1.807, 2.05) is 0 Å². The first-order chi connectivity index (χ1) is 12.4. The Morgan fingerprint density at radius 1 is 1.23 bits per heavy atom. The largest absolute Gasteiger partial charge is 0.496 e. The number of halogens is 3. The third-order valence-corrected chi connectivity index (χ3v) is 3.84. The van der Waals surface area contributed by atoms with Crippen molar-refractivity contribution in [3.8, 4) is 5.75 Å². The number of carbonyl (C=O) groups is 1. The summed E-state index contributed by atoms with van der Waals surface area (Å²) in [6.07, 6.45) is -5.22. The zero-order valence-corrected chi connectivity index (χ0v) is 13.7. The van der Waals surface area contributed by atoms with Crippen LogP contribution < -0.4 is 10.1 Å². The molecular formula is C18H15F3N2O3. The molecule has 0 bridgehead atoms. The van der Waals surface area contributed by atoms with Crippen molar-refractivity contribution in [2.75, 3.05) is 12.4 Å². The predicted octanol–water partition coefficient (Wildman–Crippen LogP) is 3.85. The molecule has 0 saturated carbocycles. The number of amides is 1. The van der Waals surface area contributed by atoms with E-state index in [0.29, 0.717) is 17.0 Å². The summed E-state index contributed by atoms with van der Waals surface area (Å²) < 4.78 is 43.5. The fourth-order valence-corrected chi connectivity index (χ4v) is 2.56. The molecule has 0 saturated heterocycles. The Balaban J connectivity index is 1.68. The highest BCUT2D eigenvalue weighted by Gasteiger charge is 2.32. The van der Waals surface area contributed by atoms with Crippen molar-refractivity contribution >= 4 is 17.3 Å². The van der Waals surface area contributed by atoms with Crippen molar-refractivity contribution in [1.29, 1.82) is 0 Å². The minimum atomic E-state index is -4.48. The number of para-hydroxylation sites is 1. The zero-order chi connectivity index (χ0) is 18.7. The van der Waals surface area contributed by atoms with Crippen molar-refractivity contribution in [3.05, 3.63) is 59.7 Å². The molecule has 3 rings (SSSR count). The minimum Gasteiger partial charge on any atom is -0.496 e. The van der Waals surface area contributed by atoms with E-state index in [0.717, 1.165) is 12.1 Å². The minimum absolute atomic E-state index is 0.0409. The Morgan fingerprint density at radius 2 is 2.00 bits per heavy atom. The smallest absolute Gasteiger partial charge is 0.416 e. The van der Waals surface area contributed by atoms with Crippen LogP contribution in [0.2, 0.25) is 0 Å². The van der Waals surface area contributed by atoms with Gasteiger partial charge in [0.25, 0.3) is 5.91 Å². The van der Waals surface area contributed by atoms with Gasteiger partial charge in [0.1, 0.15) is 5.75 Å². The molecule has 2 aromatic carbocycles. The quantitative estimate of drug-likeness (QED) is 0.897. The lowest BCUT2D eigenvalue weighted by atomic mass is 10.0. The number of methoxy groups -OCH3 is 1. The molecule has 0 radical (unpaired) electrons. The van der Waals surface area contributed by atoms with E-state index in [4.69, 9.17) is 9.57 Å². The van der Waals surface area contributed by atoms with E-state index < -0.39 is 23.8 Å². The highest BCUT2D eigenvalue weighted by atomic mass is 19.4. The van der Waals surface area contributed by atoms with Gasteiger partial charge in [-0.05, 0) is 30.3 Å². The molecule has 2 aromatic rings. The first kappa shape index (κ1) is 17.8. The standard InChI is InChI=1S/C18H15F3N2O3/c1-25-15-8-3-2-7-13(15)14-10-16(26-23-14)17(24)22-12-6-4-5-11(9-12)18(19,20)21/h2-9,16H,10H2,1H3,(H,22,24). The molecule has 1 amide bonds. The molecule has 0 aromatic heterocycles. The molecule has 1 unspecified atom stereocenters. The van der Waals surface area contributed by atoms with E-state index >= 15 is 0 Å². The lowest BCUT2D eigenvalue weighted by molar-refractivity contribution is -0.137. The number of hydrogen-bond donors (Lipinski definition) is 1. The summed E-state index contributed by atoms with van der Waals surface area (Å²) in [7, 11) is 1.52. The van der Waals surface area contributed by atoms with Gasteiger partial charge in [-0.15, -0.1) is 0 Å². The lowest BCUT2D eigenvalue weighted by Gasteiger charge is -2.12. The van der Waals surface area contributed by atoms with Crippen LogP contribution in [0.3, 0.4) is 0 Å². The molecule has 1 N–H and O–H groups in total. The number of benzene rings is 2. The van der Waals surface area contributed by atoms with E-state index in [-0.39, 0.29) is 12.1 Å². The Kier molecular flexibility index (Phi) is 4.83. The van der Waals surface area contributed by atoms with Gasteiger partial charge in [-0.1, -0.05) is 23.4 Å². The molecule has 1 atom stereocenters. The van der Waals surface area contributed by atoms with Crippen molar-refractivity contribution in [2.45, 2.75) is 18.7 Å². The van der Waals surface area contributed by atoms with E-state index in [1.165, 1.54) is 19.2 Å². The van der Waals surface area contributed by atoms with Crippen LogP contribution >= 0.6 is 0 Å². The lowest BCUT2D eigenvalue weighted by Crippen LogP contribution is -2.28. The molecule has 1 aliphatic heterocycles. The second-order valence-electron chi connectivity index (χ2n) is 5.60. The summed E-state index contributed by atoms with van der Waals surface area (Å²) in [6, 6.07) is 11.6. The molecule has 0 aliphatic carbocycles. The van der Waals surface area contributed by atoms with Crippen LogP contribution in [-0.2, 0) is 15.8 Å². The van der Waals surface area contributed by atoms with Gasteiger partial charge in [0.2, 0.25) is 6.10 Å². The maximum absolute atomic E-state index is 12.7. The van der Waals surface area contributed by atoms with Crippen molar-refractivity contribution in [1.82, 2.24) is 0 Å². The van der Waals surface area contributed by atoms with Crippen molar-refractivity contribution in [3.63, 3.8) is 0 Å². The zero-order valence-electron chi connectivity index (χ0n) is 13.7. The maximum atomic E-state index is 12.7. The SMILES string of the molecule is COc1ccccc1C1=NOC(C(=O)Nc2cccc(C(F)(F)F)c2)C1. The number of ether oxygens (including phenoxy) is 1. The molecule has 1 aliphatic rings. The second kappa shape index (κ2) is 7.07. The van der Waals surface area contributed by atoms with E-state index in [2.05, 4.69) is 10.5 Å². The Hall–Kier alpha value is -3.03. The molecule has 5 nitrogen and oxygen atoms in total. The number of nitrogens with zero attached hydrogens (tertiary/aromatic N) is 1. The molecule has 1 heterocycles. The van der Waals surface area contributed by atoms with Gasteiger partial charge in [0.15, 0.2) is 0 Å². The highest BCUT2D eigenvalue weighted by molar-refractivity contribution is 6.07. The van der Waals surface area contributed by atoms with E-state index in [9.17, 15) is 18.0 Å². The predicted molar refractivity (Wildman–Crippen MR) is 89.1 cm³/mol. The summed E-state index contributed by atoms with van der Waals surface area (Å²) in [5, 5.41) is 6.34.